The van der Waals surface area contributed by atoms with E-state index in [1.165, 1.54) is 29.0 Å². The number of nitrogens with zero attached hydrogens (tertiary/aromatic N) is 1. The lowest BCUT2D eigenvalue weighted by molar-refractivity contribution is 0.610. The average molecular weight is 244 g/mol. The number of benzene rings is 1. The molecule has 0 aliphatic carbocycles. The molecular formula is C15H17FN2. The molecule has 0 bridgehead atoms. The van der Waals surface area contributed by atoms with E-state index in [0.29, 0.717) is 6.42 Å². The van der Waals surface area contributed by atoms with Crippen molar-refractivity contribution in [3.63, 3.8) is 0 Å². The first-order valence-corrected chi connectivity index (χ1v) is 5.99. The molecule has 2 nitrogen and oxygen atoms in total. The Balaban J connectivity index is 2.24. The van der Waals surface area contributed by atoms with Crippen molar-refractivity contribution >= 4 is 0 Å². The van der Waals surface area contributed by atoms with Crippen molar-refractivity contribution in [2.24, 2.45) is 5.73 Å². The molecule has 1 aromatic heterocycles. The maximum Gasteiger partial charge on any atom is 0.141 e. The van der Waals surface area contributed by atoms with E-state index in [-0.39, 0.29) is 11.9 Å². The van der Waals surface area contributed by atoms with Crippen molar-refractivity contribution in [3.05, 3.63) is 64.7 Å². The summed E-state index contributed by atoms with van der Waals surface area (Å²) in [5, 5.41) is 0. The van der Waals surface area contributed by atoms with Crippen LogP contribution < -0.4 is 5.73 Å². The number of halogens is 1. The summed E-state index contributed by atoms with van der Waals surface area (Å²) in [7, 11) is 0. The van der Waals surface area contributed by atoms with E-state index in [1.807, 2.05) is 6.07 Å². The first-order chi connectivity index (χ1) is 8.58. The van der Waals surface area contributed by atoms with Gasteiger partial charge in [0.05, 0.1) is 6.20 Å². The van der Waals surface area contributed by atoms with Gasteiger partial charge in [-0.25, -0.2) is 4.39 Å². The number of hydrogen-bond donors (Lipinski definition) is 1. The van der Waals surface area contributed by atoms with E-state index in [2.05, 4.69) is 31.0 Å². The number of aryl methyl sites for hydroxylation is 2. The van der Waals surface area contributed by atoms with Gasteiger partial charge in [0.15, 0.2) is 0 Å². The summed E-state index contributed by atoms with van der Waals surface area (Å²) in [4.78, 5) is 3.84. The fourth-order valence-electron chi connectivity index (χ4n) is 2.14. The molecule has 1 unspecified atom stereocenters. The Morgan fingerprint density at radius 1 is 1.22 bits per heavy atom. The van der Waals surface area contributed by atoms with Crippen LogP contribution in [0.2, 0.25) is 0 Å². The van der Waals surface area contributed by atoms with Gasteiger partial charge >= 0.3 is 0 Å². The fourth-order valence-corrected chi connectivity index (χ4v) is 2.14. The zero-order valence-corrected chi connectivity index (χ0v) is 10.7. The van der Waals surface area contributed by atoms with E-state index in [4.69, 9.17) is 5.73 Å². The predicted molar refractivity (Wildman–Crippen MR) is 70.7 cm³/mol. The lowest BCUT2D eigenvalue weighted by Crippen LogP contribution is -2.15. The van der Waals surface area contributed by atoms with Crippen LogP contribution in [-0.4, -0.2) is 4.98 Å². The van der Waals surface area contributed by atoms with Crippen LogP contribution in [-0.2, 0) is 6.42 Å². The van der Waals surface area contributed by atoms with Crippen LogP contribution in [0.15, 0.2) is 36.7 Å². The Morgan fingerprint density at radius 3 is 2.50 bits per heavy atom. The third kappa shape index (κ3) is 2.74. The molecule has 0 spiro atoms. The molecule has 18 heavy (non-hydrogen) atoms. The lowest BCUT2D eigenvalue weighted by atomic mass is 9.94. The van der Waals surface area contributed by atoms with E-state index < -0.39 is 0 Å². The molecule has 0 amide bonds. The average Bonchev–Trinajstić information content (AvgIpc) is 2.34. The number of pyridine rings is 1. The molecule has 1 aromatic carbocycles. The predicted octanol–water partition coefficient (Wildman–Crippen LogP) is 3.08. The monoisotopic (exact) mass is 244 g/mol. The molecule has 1 atom stereocenters. The molecule has 0 saturated heterocycles. The SMILES string of the molecule is Cc1cccc(C)c1CC(N)c1cncc(F)c1. The largest absolute Gasteiger partial charge is 0.324 e. The Kier molecular flexibility index (Phi) is 3.72. The van der Waals surface area contributed by atoms with Crippen molar-refractivity contribution < 1.29 is 4.39 Å². The highest BCUT2D eigenvalue weighted by Gasteiger charge is 2.11. The van der Waals surface area contributed by atoms with Crippen LogP contribution in [0, 0.1) is 19.7 Å². The van der Waals surface area contributed by atoms with Gasteiger partial charge in [-0.05, 0) is 48.6 Å². The normalized spacial score (nSPS) is 12.4. The quantitative estimate of drug-likeness (QED) is 0.901. The summed E-state index contributed by atoms with van der Waals surface area (Å²) in [6.45, 7) is 4.14. The molecule has 2 aromatic rings. The van der Waals surface area contributed by atoms with Crippen LogP contribution in [0.5, 0.6) is 0 Å². The molecule has 0 aliphatic rings. The highest BCUT2D eigenvalue weighted by atomic mass is 19.1. The maximum absolute atomic E-state index is 13.1. The number of nitrogens with two attached hydrogens (primary N) is 1. The molecule has 0 saturated carbocycles. The Labute approximate surface area is 107 Å². The highest BCUT2D eigenvalue weighted by Crippen LogP contribution is 2.21. The van der Waals surface area contributed by atoms with Crippen molar-refractivity contribution in [3.8, 4) is 0 Å². The summed E-state index contributed by atoms with van der Waals surface area (Å²) in [6, 6.07) is 7.39. The second-order valence-corrected chi connectivity index (χ2v) is 4.62. The summed E-state index contributed by atoms with van der Waals surface area (Å²) < 4.78 is 13.1. The van der Waals surface area contributed by atoms with Crippen LogP contribution in [0.4, 0.5) is 4.39 Å². The standard InChI is InChI=1S/C15H17FN2/c1-10-4-3-5-11(2)14(10)7-15(17)12-6-13(16)9-18-8-12/h3-6,8-9,15H,7,17H2,1-2H3. The van der Waals surface area contributed by atoms with Crippen molar-refractivity contribution in [2.75, 3.05) is 0 Å². The van der Waals surface area contributed by atoms with E-state index >= 15 is 0 Å². The van der Waals surface area contributed by atoms with Gasteiger partial charge in [0.1, 0.15) is 5.82 Å². The topological polar surface area (TPSA) is 38.9 Å². The summed E-state index contributed by atoms with van der Waals surface area (Å²) in [6.07, 6.45) is 3.51. The van der Waals surface area contributed by atoms with E-state index in [0.717, 1.165) is 5.56 Å². The molecule has 0 radical (unpaired) electrons. The minimum atomic E-state index is -0.343. The first-order valence-electron chi connectivity index (χ1n) is 5.99. The number of rotatable bonds is 3. The van der Waals surface area contributed by atoms with Gasteiger partial charge in [-0.15, -0.1) is 0 Å². The maximum atomic E-state index is 13.1. The van der Waals surface area contributed by atoms with Gasteiger partial charge in [-0.3, -0.25) is 4.98 Å². The van der Waals surface area contributed by atoms with Gasteiger partial charge in [0.25, 0.3) is 0 Å². The Bertz CT molecular complexity index is 532. The lowest BCUT2D eigenvalue weighted by Gasteiger charge is -2.15. The van der Waals surface area contributed by atoms with E-state index in [1.54, 1.807) is 6.20 Å². The molecule has 3 heteroatoms. The number of aromatic nitrogens is 1. The second kappa shape index (κ2) is 5.27. The van der Waals surface area contributed by atoms with Crippen molar-refractivity contribution in [2.45, 2.75) is 26.3 Å². The zero-order valence-electron chi connectivity index (χ0n) is 10.7. The summed E-state index contributed by atoms with van der Waals surface area (Å²) >= 11 is 0. The van der Waals surface area contributed by atoms with Crippen molar-refractivity contribution in [1.82, 2.24) is 4.98 Å². The number of hydrogen-bond acceptors (Lipinski definition) is 2. The molecule has 2 N–H and O–H groups in total. The van der Waals surface area contributed by atoms with Gasteiger partial charge in [0, 0.05) is 12.2 Å². The van der Waals surface area contributed by atoms with Crippen LogP contribution >= 0.6 is 0 Å². The van der Waals surface area contributed by atoms with Gasteiger partial charge in [-0.2, -0.15) is 0 Å². The minimum Gasteiger partial charge on any atom is -0.324 e. The molecule has 0 aliphatic heterocycles. The van der Waals surface area contributed by atoms with Crippen molar-refractivity contribution in [1.29, 1.82) is 0 Å². The minimum absolute atomic E-state index is 0.229. The molecule has 94 valence electrons. The third-order valence-corrected chi connectivity index (χ3v) is 3.22. The third-order valence-electron chi connectivity index (χ3n) is 3.22. The first kappa shape index (κ1) is 12.7. The van der Waals surface area contributed by atoms with Gasteiger partial charge in [-0.1, -0.05) is 18.2 Å². The molecule has 2 rings (SSSR count). The van der Waals surface area contributed by atoms with Crippen LogP contribution in [0.3, 0.4) is 0 Å². The Morgan fingerprint density at radius 2 is 1.89 bits per heavy atom. The molecule has 0 fully saturated rings. The molecule has 1 heterocycles. The van der Waals surface area contributed by atoms with Gasteiger partial charge in [0.2, 0.25) is 0 Å². The summed E-state index contributed by atoms with van der Waals surface area (Å²) in [5.41, 5.74) is 10.5. The zero-order chi connectivity index (χ0) is 13.1. The second-order valence-electron chi connectivity index (χ2n) is 4.62. The van der Waals surface area contributed by atoms with Crippen LogP contribution in [0.25, 0.3) is 0 Å². The smallest absolute Gasteiger partial charge is 0.141 e. The fraction of sp³-hybridized carbons (Fsp3) is 0.267. The highest BCUT2D eigenvalue weighted by molar-refractivity contribution is 5.35. The van der Waals surface area contributed by atoms with Gasteiger partial charge < -0.3 is 5.73 Å². The molecular weight excluding hydrogens is 227 g/mol. The van der Waals surface area contributed by atoms with Crippen LogP contribution in [0.1, 0.15) is 28.3 Å². The Hall–Kier alpha value is -1.74. The van der Waals surface area contributed by atoms with E-state index in [9.17, 15) is 4.39 Å². The summed E-state index contributed by atoms with van der Waals surface area (Å²) in [5.74, 6) is -0.343.